The fourth-order valence-corrected chi connectivity index (χ4v) is 4.04. The second kappa shape index (κ2) is 8.29. The first-order chi connectivity index (χ1) is 12.4. The Labute approximate surface area is 159 Å². The van der Waals surface area contributed by atoms with Gasteiger partial charge in [0.1, 0.15) is 24.4 Å². The van der Waals surface area contributed by atoms with E-state index in [0.717, 1.165) is 0 Å². The Morgan fingerprint density at radius 3 is 2.33 bits per heavy atom. The molecule has 0 radical (unpaired) electrons. The van der Waals surface area contributed by atoms with Gasteiger partial charge in [-0.25, -0.2) is 0 Å². The molecular weight excluding hydrogens is 356 g/mol. The van der Waals surface area contributed by atoms with E-state index in [1.165, 1.54) is 6.08 Å². The normalized spacial score (nSPS) is 43.1. The van der Waals surface area contributed by atoms with Crippen LogP contribution in [0.25, 0.3) is 0 Å². The van der Waals surface area contributed by atoms with E-state index in [1.807, 2.05) is 13.8 Å². The van der Waals surface area contributed by atoms with E-state index in [9.17, 15) is 30.6 Å². The summed E-state index contributed by atoms with van der Waals surface area (Å²) in [7, 11) is 0. The van der Waals surface area contributed by atoms with E-state index >= 15 is 0 Å². The minimum Gasteiger partial charge on any atom is -0.394 e. The van der Waals surface area contributed by atoms with E-state index in [2.05, 4.69) is 5.73 Å². The summed E-state index contributed by atoms with van der Waals surface area (Å²) in [5, 5.41) is 59.6. The third kappa shape index (κ3) is 4.98. The van der Waals surface area contributed by atoms with Gasteiger partial charge in [-0.1, -0.05) is 13.8 Å². The van der Waals surface area contributed by atoms with Crippen LogP contribution in [0.1, 0.15) is 40.5 Å². The average molecular weight is 388 g/mol. The summed E-state index contributed by atoms with van der Waals surface area (Å²) < 4.78 is 11.2. The van der Waals surface area contributed by atoms with Crippen molar-refractivity contribution in [1.29, 1.82) is 0 Å². The molecule has 8 heteroatoms. The molecule has 0 aromatic rings. The topological polar surface area (TPSA) is 140 Å². The predicted molar refractivity (Wildman–Crippen MR) is 95.6 cm³/mol. The lowest BCUT2D eigenvalue weighted by Gasteiger charge is -2.47. The maximum absolute atomic E-state index is 10.9. The molecule has 8 atom stereocenters. The summed E-state index contributed by atoms with van der Waals surface area (Å²) in [6.45, 7) is 6.54. The highest BCUT2D eigenvalue weighted by molar-refractivity contribution is 5.26. The summed E-state index contributed by atoms with van der Waals surface area (Å²) in [6, 6.07) is 0. The lowest BCUT2D eigenvalue weighted by atomic mass is 9.65. The standard InChI is InChI=1S/C19H32O8/c1-10(21)5-6-13-18(2,3)7-11(8-19(13,4)25)26-17-16(24)15(23)14(22)12(9-20)27-17/h5,10-12,14-17,20-25H,7-9H2,1-4H3/t6?,10-,11+,12-,14-,15+,16-,17-,19-/m1/s1. The van der Waals surface area contributed by atoms with Crippen molar-refractivity contribution in [1.82, 2.24) is 0 Å². The summed E-state index contributed by atoms with van der Waals surface area (Å²) in [6.07, 6.45) is -5.76. The van der Waals surface area contributed by atoms with Crippen LogP contribution in [0.5, 0.6) is 0 Å². The summed E-state index contributed by atoms with van der Waals surface area (Å²) in [4.78, 5) is 0. The van der Waals surface area contributed by atoms with Gasteiger partial charge in [0.05, 0.1) is 24.4 Å². The lowest BCUT2D eigenvalue weighted by Crippen LogP contribution is -2.60. The Morgan fingerprint density at radius 2 is 1.81 bits per heavy atom. The number of ether oxygens (including phenoxy) is 2. The highest BCUT2D eigenvalue weighted by Gasteiger charge is 2.49. The van der Waals surface area contributed by atoms with E-state index in [1.54, 1.807) is 13.8 Å². The molecule has 2 rings (SSSR count). The summed E-state index contributed by atoms with van der Waals surface area (Å²) in [5.74, 6) is 0. The fraction of sp³-hybridized carbons (Fsp3) is 0.842. The maximum Gasteiger partial charge on any atom is 0.186 e. The molecule has 27 heavy (non-hydrogen) atoms. The zero-order chi connectivity index (χ0) is 20.6. The molecule has 0 aromatic heterocycles. The summed E-state index contributed by atoms with van der Waals surface area (Å²) in [5.41, 5.74) is 1.89. The highest BCUT2D eigenvalue weighted by Crippen LogP contribution is 2.46. The quantitative estimate of drug-likeness (QED) is 0.344. The van der Waals surface area contributed by atoms with Gasteiger partial charge in [0, 0.05) is 12.0 Å². The maximum atomic E-state index is 10.9. The van der Waals surface area contributed by atoms with Crippen molar-refractivity contribution in [2.24, 2.45) is 5.41 Å². The van der Waals surface area contributed by atoms with Gasteiger partial charge in [-0.15, -0.1) is 5.73 Å². The first-order valence-corrected chi connectivity index (χ1v) is 9.23. The molecule has 1 aliphatic carbocycles. The molecule has 0 bridgehead atoms. The Balaban J connectivity index is 2.19. The van der Waals surface area contributed by atoms with Crippen molar-refractivity contribution in [2.75, 3.05) is 6.61 Å². The minimum absolute atomic E-state index is 0.196. The molecule has 2 aliphatic rings. The number of hydrogen-bond donors (Lipinski definition) is 6. The Morgan fingerprint density at radius 1 is 1.19 bits per heavy atom. The van der Waals surface area contributed by atoms with Crippen LogP contribution in [-0.4, -0.2) is 85.8 Å². The van der Waals surface area contributed by atoms with Gasteiger partial charge in [-0.05, 0) is 31.8 Å². The molecule has 0 amide bonds. The third-order valence-corrected chi connectivity index (χ3v) is 5.22. The van der Waals surface area contributed by atoms with Crippen molar-refractivity contribution < 1.29 is 40.1 Å². The van der Waals surface area contributed by atoms with Crippen LogP contribution >= 0.6 is 0 Å². The van der Waals surface area contributed by atoms with E-state index in [-0.39, 0.29) is 6.42 Å². The molecule has 1 heterocycles. The Kier molecular flexibility index (Phi) is 6.90. The molecule has 1 aliphatic heterocycles. The Hall–Kier alpha value is -0.800. The lowest BCUT2D eigenvalue weighted by molar-refractivity contribution is -0.316. The summed E-state index contributed by atoms with van der Waals surface area (Å²) >= 11 is 0. The van der Waals surface area contributed by atoms with E-state index < -0.39 is 60.5 Å². The molecule has 0 spiro atoms. The van der Waals surface area contributed by atoms with Crippen molar-refractivity contribution >= 4 is 0 Å². The zero-order valence-corrected chi connectivity index (χ0v) is 16.2. The molecule has 156 valence electrons. The Bertz CT molecular complexity index is 556. The first kappa shape index (κ1) is 22.5. The molecule has 0 unspecified atom stereocenters. The van der Waals surface area contributed by atoms with Crippen LogP contribution in [0, 0.1) is 5.41 Å². The van der Waals surface area contributed by atoms with Gasteiger partial charge in [-0.3, -0.25) is 0 Å². The SMILES string of the molecule is C[C@@H](O)C=C=C1C(C)(C)C[C@H](O[C@@H]2O[C@H](CO)[C@@H](O)[C@H](O)[C@H]2O)C[C@@]1(C)O. The third-order valence-electron chi connectivity index (χ3n) is 5.22. The second-order valence-electron chi connectivity index (χ2n) is 8.45. The minimum atomic E-state index is -1.51. The van der Waals surface area contributed by atoms with Crippen LogP contribution in [0.3, 0.4) is 0 Å². The largest absolute Gasteiger partial charge is 0.394 e. The average Bonchev–Trinajstić information content (AvgIpc) is 2.52. The van der Waals surface area contributed by atoms with Crippen LogP contribution < -0.4 is 0 Å². The van der Waals surface area contributed by atoms with Gasteiger partial charge in [0.25, 0.3) is 0 Å². The molecule has 1 saturated carbocycles. The van der Waals surface area contributed by atoms with Crippen molar-refractivity contribution in [3.63, 3.8) is 0 Å². The molecule has 0 aromatic carbocycles. The molecule has 1 saturated heterocycles. The van der Waals surface area contributed by atoms with Gasteiger partial charge >= 0.3 is 0 Å². The number of hydrogen-bond acceptors (Lipinski definition) is 8. The van der Waals surface area contributed by atoms with E-state index in [4.69, 9.17) is 9.47 Å². The van der Waals surface area contributed by atoms with Crippen LogP contribution in [-0.2, 0) is 9.47 Å². The van der Waals surface area contributed by atoms with Crippen LogP contribution in [0.2, 0.25) is 0 Å². The second-order valence-corrected chi connectivity index (χ2v) is 8.45. The smallest absolute Gasteiger partial charge is 0.186 e. The van der Waals surface area contributed by atoms with Crippen molar-refractivity contribution in [2.45, 2.75) is 89.1 Å². The fourth-order valence-electron chi connectivity index (χ4n) is 4.04. The molecule has 2 fully saturated rings. The van der Waals surface area contributed by atoms with Crippen LogP contribution in [0.4, 0.5) is 0 Å². The molecule has 8 nitrogen and oxygen atoms in total. The van der Waals surface area contributed by atoms with Gasteiger partial charge in [0.2, 0.25) is 0 Å². The molecular formula is C19H32O8. The number of aliphatic hydroxyl groups excluding tert-OH is 5. The molecule has 6 N–H and O–H groups in total. The number of aliphatic hydroxyl groups is 6. The van der Waals surface area contributed by atoms with Crippen LogP contribution in [0.15, 0.2) is 17.4 Å². The monoisotopic (exact) mass is 388 g/mol. The van der Waals surface area contributed by atoms with E-state index in [0.29, 0.717) is 12.0 Å². The van der Waals surface area contributed by atoms with Gasteiger partial charge < -0.3 is 40.1 Å². The zero-order valence-electron chi connectivity index (χ0n) is 16.2. The number of rotatable bonds is 4. The first-order valence-electron chi connectivity index (χ1n) is 9.23. The van der Waals surface area contributed by atoms with Crippen molar-refractivity contribution in [3.8, 4) is 0 Å². The van der Waals surface area contributed by atoms with Gasteiger partial charge in [0.15, 0.2) is 6.29 Å². The highest BCUT2D eigenvalue weighted by atomic mass is 16.7. The van der Waals surface area contributed by atoms with Crippen molar-refractivity contribution in [3.05, 3.63) is 17.4 Å². The predicted octanol–water partition coefficient (Wildman–Crippen LogP) is -0.795. The van der Waals surface area contributed by atoms with Gasteiger partial charge in [-0.2, -0.15) is 0 Å².